The highest BCUT2D eigenvalue weighted by Gasteiger charge is 2.38. The van der Waals surface area contributed by atoms with Crippen LogP contribution < -0.4 is 22.1 Å². The first-order valence-electron chi connectivity index (χ1n) is 12.6. The van der Waals surface area contributed by atoms with E-state index in [4.69, 9.17) is 16.6 Å². The highest BCUT2D eigenvalue weighted by Crippen LogP contribution is 2.20. The summed E-state index contributed by atoms with van der Waals surface area (Å²) in [6.45, 7) is 0.825. The number of aromatic hydroxyl groups is 1. The second-order valence-corrected chi connectivity index (χ2v) is 9.34. The van der Waals surface area contributed by atoms with Crippen LogP contribution in [0, 0.1) is 0 Å². The monoisotopic (exact) mass is 535 g/mol. The van der Waals surface area contributed by atoms with Crippen LogP contribution in [0.25, 0.3) is 0 Å². The van der Waals surface area contributed by atoms with Gasteiger partial charge in [-0.05, 0) is 56.3 Å². The van der Waals surface area contributed by atoms with Crippen molar-refractivity contribution in [2.24, 2.45) is 11.5 Å². The van der Waals surface area contributed by atoms with Gasteiger partial charge in [-0.3, -0.25) is 19.2 Å². The first kappa shape index (κ1) is 30.5. The number of nitrogens with zero attached hydrogens (tertiary/aromatic N) is 1. The number of rotatable bonds is 15. The average molecular weight is 536 g/mol. The average Bonchev–Trinajstić information content (AvgIpc) is 3.36. The molecule has 13 nitrogen and oxygen atoms in total. The smallest absolute Gasteiger partial charge is 0.326 e. The lowest BCUT2D eigenvalue weighted by Gasteiger charge is -2.28. The van der Waals surface area contributed by atoms with E-state index in [0.29, 0.717) is 44.3 Å². The summed E-state index contributed by atoms with van der Waals surface area (Å²) in [6, 6.07) is 1.57. The van der Waals surface area contributed by atoms with Crippen LogP contribution >= 0.6 is 0 Å². The molecule has 0 spiro atoms. The van der Waals surface area contributed by atoms with E-state index in [1.807, 2.05) is 0 Å². The molecule has 0 aromatic heterocycles. The molecule has 210 valence electrons. The predicted molar refractivity (Wildman–Crippen MR) is 136 cm³/mol. The first-order valence-corrected chi connectivity index (χ1v) is 12.6. The van der Waals surface area contributed by atoms with Crippen molar-refractivity contribution in [2.75, 3.05) is 13.1 Å². The third-order valence-electron chi connectivity index (χ3n) is 6.40. The molecule has 1 heterocycles. The van der Waals surface area contributed by atoms with E-state index in [9.17, 15) is 34.2 Å². The Balaban J connectivity index is 2.17. The number of likely N-dealkylation sites (tertiary alicyclic amines) is 1. The van der Waals surface area contributed by atoms with E-state index in [0.717, 1.165) is 6.42 Å². The summed E-state index contributed by atoms with van der Waals surface area (Å²) in [6.07, 6.45) is 1.92. The Bertz CT molecular complexity index is 986. The summed E-state index contributed by atoms with van der Waals surface area (Å²) in [4.78, 5) is 63.2. The van der Waals surface area contributed by atoms with Crippen molar-refractivity contribution < 1.29 is 39.3 Å². The number of benzene rings is 1. The molecule has 4 unspecified atom stereocenters. The maximum atomic E-state index is 13.3. The fraction of sp³-hybridized carbons (Fsp3) is 0.560. The number of unbranched alkanes of at least 4 members (excludes halogenated alkanes) is 1. The van der Waals surface area contributed by atoms with E-state index in [1.54, 1.807) is 12.1 Å². The van der Waals surface area contributed by atoms with Crippen LogP contribution in [0.2, 0.25) is 0 Å². The number of carboxylic acid groups (broad SMARTS) is 2. The molecule has 1 aromatic rings. The minimum atomic E-state index is -1.48. The lowest BCUT2D eigenvalue weighted by atomic mass is 10.0. The molecule has 13 heteroatoms. The predicted octanol–water partition coefficient (Wildman–Crippen LogP) is -0.699. The molecule has 1 fully saturated rings. The van der Waals surface area contributed by atoms with Gasteiger partial charge < -0.3 is 42.3 Å². The van der Waals surface area contributed by atoms with Crippen molar-refractivity contribution in [1.29, 1.82) is 0 Å². The highest BCUT2D eigenvalue weighted by molar-refractivity contribution is 5.94. The number of nitrogens with one attached hydrogen (secondary N) is 2. The van der Waals surface area contributed by atoms with Crippen molar-refractivity contribution in [1.82, 2.24) is 15.5 Å². The van der Waals surface area contributed by atoms with Crippen molar-refractivity contribution in [3.8, 4) is 5.75 Å². The zero-order valence-corrected chi connectivity index (χ0v) is 21.2. The number of aliphatic carboxylic acids is 2. The van der Waals surface area contributed by atoms with Gasteiger partial charge in [-0.15, -0.1) is 0 Å². The number of carboxylic acids is 2. The topological polar surface area (TPSA) is 225 Å². The molecule has 0 radical (unpaired) electrons. The minimum absolute atomic E-state index is 0.00121. The zero-order valence-electron chi connectivity index (χ0n) is 21.2. The number of hydrogen-bond acceptors (Lipinski definition) is 8. The molecule has 2 rings (SSSR count). The third kappa shape index (κ3) is 9.30. The maximum Gasteiger partial charge on any atom is 0.326 e. The summed E-state index contributed by atoms with van der Waals surface area (Å²) < 4.78 is 0. The third-order valence-corrected chi connectivity index (χ3v) is 6.40. The van der Waals surface area contributed by atoms with Crippen LogP contribution in [-0.2, 0) is 30.4 Å². The number of amides is 3. The zero-order chi connectivity index (χ0) is 28.2. The van der Waals surface area contributed by atoms with Gasteiger partial charge in [0.2, 0.25) is 17.7 Å². The minimum Gasteiger partial charge on any atom is -0.508 e. The number of nitrogens with two attached hydrogens (primary N) is 2. The molecule has 1 aliphatic rings. The fourth-order valence-corrected chi connectivity index (χ4v) is 4.29. The second-order valence-electron chi connectivity index (χ2n) is 9.34. The Morgan fingerprint density at radius 3 is 2.29 bits per heavy atom. The van der Waals surface area contributed by atoms with E-state index < -0.39 is 54.3 Å². The summed E-state index contributed by atoms with van der Waals surface area (Å²) in [5.41, 5.74) is 12.1. The molecule has 4 atom stereocenters. The number of hydrogen-bond donors (Lipinski definition) is 7. The van der Waals surface area contributed by atoms with Gasteiger partial charge in [0.25, 0.3) is 0 Å². The van der Waals surface area contributed by atoms with Crippen LogP contribution in [0.1, 0.15) is 50.5 Å². The van der Waals surface area contributed by atoms with Crippen LogP contribution in [0.5, 0.6) is 5.75 Å². The molecule has 3 amide bonds. The van der Waals surface area contributed by atoms with Gasteiger partial charge in [-0.25, -0.2) is 4.79 Å². The van der Waals surface area contributed by atoms with Gasteiger partial charge in [0.1, 0.15) is 23.9 Å². The standard InChI is InChI=1S/C25H37N5O8/c26-12-2-1-4-17(27)24(36)30-13-3-5-20(30)23(35)29-19(14-15-6-8-16(31)9-7-15)22(34)28-18(25(37)38)10-11-21(32)33/h6-9,17-20,31H,1-5,10-14,26-27H2,(H,28,34)(H,29,35)(H,32,33)(H,37,38). The molecule has 9 N–H and O–H groups in total. The van der Waals surface area contributed by atoms with Crippen LogP contribution in [0.4, 0.5) is 0 Å². The molecular formula is C25H37N5O8. The Labute approximate surface area is 220 Å². The van der Waals surface area contributed by atoms with Gasteiger partial charge in [-0.2, -0.15) is 0 Å². The van der Waals surface area contributed by atoms with Crippen molar-refractivity contribution in [3.05, 3.63) is 29.8 Å². The van der Waals surface area contributed by atoms with Gasteiger partial charge in [0.05, 0.1) is 6.04 Å². The molecule has 0 aliphatic carbocycles. The van der Waals surface area contributed by atoms with Crippen molar-refractivity contribution in [2.45, 2.75) is 75.5 Å². The van der Waals surface area contributed by atoms with Crippen molar-refractivity contribution in [3.63, 3.8) is 0 Å². The lowest BCUT2D eigenvalue weighted by Crippen LogP contribution is -2.57. The van der Waals surface area contributed by atoms with E-state index >= 15 is 0 Å². The van der Waals surface area contributed by atoms with E-state index in [-0.39, 0.29) is 24.5 Å². The molecule has 1 saturated heterocycles. The summed E-state index contributed by atoms with van der Waals surface area (Å²) >= 11 is 0. The largest absolute Gasteiger partial charge is 0.508 e. The number of carbonyl (C=O) groups excluding carboxylic acids is 3. The Morgan fingerprint density at radius 2 is 1.68 bits per heavy atom. The Morgan fingerprint density at radius 1 is 1.00 bits per heavy atom. The van der Waals surface area contributed by atoms with Gasteiger partial charge >= 0.3 is 11.9 Å². The Hall–Kier alpha value is -3.71. The lowest BCUT2D eigenvalue weighted by molar-refractivity contribution is -0.144. The van der Waals surface area contributed by atoms with E-state index in [2.05, 4.69) is 10.6 Å². The van der Waals surface area contributed by atoms with Crippen LogP contribution in [0.3, 0.4) is 0 Å². The van der Waals surface area contributed by atoms with Gasteiger partial charge in [-0.1, -0.05) is 18.6 Å². The first-order chi connectivity index (χ1) is 18.0. The second kappa shape index (κ2) is 14.9. The van der Waals surface area contributed by atoms with E-state index in [1.165, 1.54) is 17.0 Å². The number of phenols is 1. The molecular weight excluding hydrogens is 498 g/mol. The SMILES string of the molecule is NCCCCC(N)C(=O)N1CCCC1C(=O)NC(Cc1ccc(O)cc1)C(=O)NC(CCC(=O)O)C(=O)O. The number of carbonyl (C=O) groups is 5. The molecule has 38 heavy (non-hydrogen) atoms. The fourth-order valence-electron chi connectivity index (χ4n) is 4.29. The van der Waals surface area contributed by atoms with Gasteiger partial charge in [0.15, 0.2) is 0 Å². The van der Waals surface area contributed by atoms with Gasteiger partial charge in [0, 0.05) is 19.4 Å². The summed E-state index contributed by atoms with van der Waals surface area (Å²) in [5, 5.41) is 32.8. The van der Waals surface area contributed by atoms with Crippen molar-refractivity contribution >= 4 is 29.7 Å². The molecule has 1 aromatic carbocycles. The normalized spacial score (nSPS) is 17.3. The summed E-state index contributed by atoms with van der Waals surface area (Å²) in [7, 11) is 0. The highest BCUT2D eigenvalue weighted by atomic mass is 16.4. The van der Waals surface area contributed by atoms with Crippen LogP contribution in [-0.4, -0.2) is 87.1 Å². The quantitative estimate of drug-likeness (QED) is 0.140. The maximum absolute atomic E-state index is 13.3. The molecule has 0 bridgehead atoms. The molecule has 0 saturated carbocycles. The Kier molecular flexibility index (Phi) is 12.0. The number of phenolic OH excluding ortho intramolecular Hbond substituents is 1. The molecule has 1 aliphatic heterocycles. The van der Waals surface area contributed by atoms with Crippen LogP contribution in [0.15, 0.2) is 24.3 Å². The summed E-state index contributed by atoms with van der Waals surface area (Å²) in [5.74, 6) is -4.39.